The minimum atomic E-state index is 0.134. The molecule has 0 bridgehead atoms. The molecule has 0 N–H and O–H groups in total. The lowest BCUT2D eigenvalue weighted by Crippen LogP contribution is -2.34. The Kier molecular flexibility index (Phi) is 7.83. The van der Waals surface area contributed by atoms with E-state index in [9.17, 15) is 0 Å². The third-order valence-corrected chi connectivity index (χ3v) is 12.7. The van der Waals surface area contributed by atoms with Crippen molar-refractivity contribution in [3.8, 4) is 0 Å². The largest absolute Gasteiger partial charge is 0.335 e. The predicted molar refractivity (Wildman–Crippen MR) is 248 cm³/mol. The molecule has 0 saturated carbocycles. The summed E-state index contributed by atoms with van der Waals surface area (Å²) in [5, 5.41) is 5.20. The summed E-state index contributed by atoms with van der Waals surface area (Å²) in [5.41, 5.74) is 15.1. The highest BCUT2D eigenvalue weighted by Crippen LogP contribution is 2.45. The number of benzene rings is 7. The number of hydrogen-bond donors (Lipinski definition) is 0. The molecule has 0 saturated heterocycles. The summed E-state index contributed by atoms with van der Waals surface area (Å²) in [6, 6.07) is 62.5. The fraction of sp³-hybridized carbons (Fsp3) is 0.0909. The predicted octanol–water partition coefficient (Wildman–Crippen LogP) is 14.0. The third kappa shape index (κ3) is 5.44. The van der Waals surface area contributed by atoms with E-state index in [-0.39, 0.29) is 12.1 Å². The van der Waals surface area contributed by atoms with Crippen LogP contribution in [0.2, 0.25) is 0 Å². The molecule has 282 valence electrons. The van der Waals surface area contributed by atoms with Crippen LogP contribution in [0.5, 0.6) is 0 Å². The van der Waals surface area contributed by atoms with Crippen molar-refractivity contribution >= 4 is 72.1 Å². The van der Waals surface area contributed by atoms with Gasteiger partial charge >= 0.3 is 0 Å². The molecule has 4 nitrogen and oxygen atoms in total. The molecule has 2 aromatic heterocycles. The van der Waals surface area contributed by atoms with Crippen molar-refractivity contribution in [3.63, 3.8) is 0 Å². The van der Waals surface area contributed by atoms with Gasteiger partial charge in [0.1, 0.15) is 0 Å². The lowest BCUT2D eigenvalue weighted by atomic mass is 9.95. The van der Waals surface area contributed by atoms with E-state index < -0.39 is 0 Å². The van der Waals surface area contributed by atoms with Gasteiger partial charge in [0.05, 0.1) is 23.1 Å². The van der Waals surface area contributed by atoms with Gasteiger partial charge in [0, 0.05) is 73.1 Å². The van der Waals surface area contributed by atoms with E-state index in [1.807, 2.05) is 0 Å². The third-order valence-electron chi connectivity index (χ3n) is 12.7. The van der Waals surface area contributed by atoms with Gasteiger partial charge in [-0.1, -0.05) is 133 Å². The Hall–Kier alpha value is -7.30. The lowest BCUT2D eigenvalue weighted by molar-refractivity contribution is 0.637. The van der Waals surface area contributed by atoms with Gasteiger partial charge in [-0.25, -0.2) is 0 Å². The number of allylic oxidation sites excluding steroid dienone is 5. The Balaban J connectivity index is 0.926. The highest BCUT2D eigenvalue weighted by molar-refractivity contribution is 6.10. The summed E-state index contributed by atoms with van der Waals surface area (Å²) in [4.78, 5) is 4.98. The molecule has 1 aliphatic heterocycles. The fourth-order valence-corrected chi connectivity index (χ4v) is 10.1. The van der Waals surface area contributed by atoms with E-state index in [1.165, 1.54) is 88.9 Å². The molecule has 2 atom stereocenters. The molecule has 0 fully saturated rings. The average Bonchev–Trinajstić information content (AvgIpc) is 3.82. The van der Waals surface area contributed by atoms with Crippen LogP contribution >= 0.6 is 0 Å². The van der Waals surface area contributed by atoms with Gasteiger partial charge in [-0.05, 0) is 96.8 Å². The Labute approximate surface area is 344 Å². The second kappa shape index (κ2) is 13.7. The molecule has 3 aliphatic rings. The maximum absolute atomic E-state index is 2.55. The lowest BCUT2D eigenvalue weighted by Gasteiger charge is -2.37. The topological polar surface area (TPSA) is 16.3 Å². The minimum absolute atomic E-state index is 0.134. The van der Waals surface area contributed by atoms with Crippen LogP contribution in [-0.2, 0) is 6.42 Å². The average molecular weight is 759 g/mol. The number of aromatic nitrogens is 2. The first-order chi connectivity index (χ1) is 29.3. The van der Waals surface area contributed by atoms with Crippen molar-refractivity contribution in [1.29, 1.82) is 0 Å². The van der Waals surface area contributed by atoms with Crippen LogP contribution in [0, 0.1) is 0 Å². The summed E-state index contributed by atoms with van der Waals surface area (Å²) in [5.74, 6) is 0. The highest BCUT2D eigenvalue weighted by Gasteiger charge is 2.27. The van der Waals surface area contributed by atoms with Gasteiger partial charge in [0.25, 0.3) is 0 Å². The zero-order valence-corrected chi connectivity index (χ0v) is 32.7. The molecule has 3 heterocycles. The van der Waals surface area contributed by atoms with Crippen molar-refractivity contribution in [2.75, 3.05) is 9.80 Å². The second-order valence-corrected chi connectivity index (χ2v) is 16.0. The van der Waals surface area contributed by atoms with Gasteiger partial charge in [0.2, 0.25) is 0 Å². The molecule has 7 aromatic carbocycles. The fourth-order valence-electron chi connectivity index (χ4n) is 10.1. The molecule has 59 heavy (non-hydrogen) atoms. The SMILES string of the molecule is C1=CC(n2c3ccccc3c3ccccc32)CC=C1N(c1ccc(N2c3ccccc3Cc3ccccc32)cc1)C1C=CC(n2c3ccccc3c3ccccc32)=CC1. The van der Waals surface area contributed by atoms with Crippen molar-refractivity contribution in [2.45, 2.75) is 31.3 Å². The molecule has 0 radical (unpaired) electrons. The van der Waals surface area contributed by atoms with Gasteiger partial charge in [-0.15, -0.1) is 0 Å². The molecule has 0 amide bonds. The Morgan fingerprint density at radius 2 is 0.983 bits per heavy atom. The van der Waals surface area contributed by atoms with Crippen LogP contribution in [-0.4, -0.2) is 15.2 Å². The number of para-hydroxylation sites is 6. The van der Waals surface area contributed by atoms with E-state index >= 15 is 0 Å². The first kappa shape index (κ1) is 33.8. The summed E-state index contributed by atoms with van der Waals surface area (Å²) < 4.78 is 4.96. The molecular weight excluding hydrogens is 717 g/mol. The number of hydrogen-bond acceptors (Lipinski definition) is 2. The van der Waals surface area contributed by atoms with Crippen molar-refractivity contribution in [1.82, 2.24) is 9.13 Å². The van der Waals surface area contributed by atoms with Crippen molar-refractivity contribution in [3.05, 3.63) is 223 Å². The van der Waals surface area contributed by atoms with E-state index in [1.54, 1.807) is 0 Å². The van der Waals surface area contributed by atoms with E-state index in [0.29, 0.717) is 0 Å². The van der Waals surface area contributed by atoms with Crippen LogP contribution in [0.1, 0.15) is 30.0 Å². The maximum atomic E-state index is 2.55. The van der Waals surface area contributed by atoms with Crippen molar-refractivity contribution in [2.24, 2.45) is 0 Å². The molecule has 2 aliphatic carbocycles. The number of rotatable bonds is 6. The van der Waals surface area contributed by atoms with Crippen LogP contribution < -0.4 is 9.80 Å². The Bertz CT molecular complexity index is 3070. The summed E-state index contributed by atoms with van der Waals surface area (Å²) >= 11 is 0. The van der Waals surface area contributed by atoms with Gasteiger partial charge in [-0.2, -0.15) is 0 Å². The van der Waals surface area contributed by atoms with E-state index in [2.05, 4.69) is 225 Å². The molecule has 2 unspecified atom stereocenters. The second-order valence-electron chi connectivity index (χ2n) is 16.0. The van der Waals surface area contributed by atoms with Crippen LogP contribution in [0.4, 0.5) is 22.7 Å². The molecule has 12 rings (SSSR count). The smallest absolute Gasteiger partial charge is 0.0561 e. The summed E-state index contributed by atoms with van der Waals surface area (Å²) in [6.45, 7) is 0. The number of fused-ring (bicyclic) bond motifs is 8. The number of anilines is 4. The summed E-state index contributed by atoms with van der Waals surface area (Å²) in [7, 11) is 0. The van der Waals surface area contributed by atoms with E-state index in [0.717, 1.165) is 19.3 Å². The number of nitrogens with zero attached hydrogens (tertiary/aromatic N) is 4. The van der Waals surface area contributed by atoms with Crippen LogP contribution in [0.25, 0.3) is 49.3 Å². The normalized spacial score (nSPS) is 17.3. The monoisotopic (exact) mass is 758 g/mol. The minimum Gasteiger partial charge on any atom is -0.335 e. The van der Waals surface area contributed by atoms with E-state index in [4.69, 9.17) is 0 Å². The summed E-state index contributed by atoms with van der Waals surface area (Å²) in [6.07, 6.45) is 17.2. The zero-order valence-electron chi connectivity index (χ0n) is 32.7. The van der Waals surface area contributed by atoms with Gasteiger partial charge in [0.15, 0.2) is 0 Å². The molecule has 9 aromatic rings. The first-order valence-electron chi connectivity index (χ1n) is 20.9. The Morgan fingerprint density at radius 1 is 0.458 bits per heavy atom. The van der Waals surface area contributed by atoms with Crippen LogP contribution in [0.3, 0.4) is 0 Å². The Morgan fingerprint density at radius 3 is 1.53 bits per heavy atom. The highest BCUT2D eigenvalue weighted by atomic mass is 15.2. The van der Waals surface area contributed by atoms with Crippen molar-refractivity contribution < 1.29 is 0 Å². The molecular formula is C55H42N4. The standard InChI is InChI=1S/C55H42N4/c1-7-19-50-38(13-1)37-39-14-2-8-20-51(39)57(50)43-31-25-40(26-32-43)56(41-27-33-44(34-28-41)58-52-21-9-3-15-46(52)47-16-4-10-22-53(47)58)42-29-35-45(36-30-42)59-54-23-11-5-17-48(54)49-18-6-12-24-55(49)59/h1-29,31-33,35-36,42,44H,30,34,37H2. The maximum Gasteiger partial charge on any atom is 0.0561 e. The van der Waals surface area contributed by atoms with Gasteiger partial charge in [-0.3, -0.25) is 0 Å². The van der Waals surface area contributed by atoms with Crippen LogP contribution in [0.15, 0.2) is 212 Å². The molecule has 0 spiro atoms. The zero-order chi connectivity index (χ0) is 38.9. The van der Waals surface area contributed by atoms with Gasteiger partial charge < -0.3 is 18.9 Å². The quantitative estimate of drug-likeness (QED) is 0.168. The molecule has 4 heteroatoms. The first-order valence-corrected chi connectivity index (χ1v) is 20.9.